The fraction of sp³-hybridized carbons (Fsp3) is 0.308. The van der Waals surface area contributed by atoms with Gasteiger partial charge in [-0.15, -0.1) is 0 Å². The number of rotatable bonds is 6. The van der Waals surface area contributed by atoms with Gasteiger partial charge in [0.15, 0.2) is 0 Å². The van der Waals surface area contributed by atoms with E-state index in [1.54, 1.807) is 19.5 Å². The Morgan fingerprint density at radius 2 is 2.17 bits per heavy atom. The molecule has 0 saturated carbocycles. The second kappa shape index (κ2) is 6.18. The molecule has 0 bridgehead atoms. The van der Waals surface area contributed by atoms with Crippen LogP contribution in [0, 0.1) is 0 Å². The van der Waals surface area contributed by atoms with Gasteiger partial charge in [-0.1, -0.05) is 18.2 Å². The van der Waals surface area contributed by atoms with Gasteiger partial charge >= 0.3 is 0 Å². The molecule has 0 spiro atoms. The van der Waals surface area contributed by atoms with E-state index in [1.165, 1.54) is 0 Å². The summed E-state index contributed by atoms with van der Waals surface area (Å²) in [6.45, 7) is 1.04. The normalized spacial score (nSPS) is 12.3. The number of ether oxygens (including phenoxy) is 2. The third-order valence-corrected chi connectivity index (χ3v) is 2.61. The average molecular weight is 247 g/mol. The SMILES string of the molecule is COCCOc1ccccc1C(N)c1ncc[nH]1. The molecule has 1 heterocycles. The Kier molecular flexibility index (Phi) is 4.33. The van der Waals surface area contributed by atoms with E-state index in [4.69, 9.17) is 15.2 Å². The molecule has 5 nitrogen and oxygen atoms in total. The zero-order chi connectivity index (χ0) is 12.8. The van der Waals surface area contributed by atoms with Gasteiger partial charge in [0.1, 0.15) is 18.2 Å². The van der Waals surface area contributed by atoms with Gasteiger partial charge in [-0.3, -0.25) is 0 Å². The quantitative estimate of drug-likeness (QED) is 0.758. The number of imidazole rings is 1. The molecule has 0 aliphatic rings. The van der Waals surface area contributed by atoms with Crippen LogP contribution in [-0.2, 0) is 4.74 Å². The fourth-order valence-corrected chi connectivity index (χ4v) is 1.70. The lowest BCUT2D eigenvalue weighted by molar-refractivity contribution is 0.145. The summed E-state index contributed by atoms with van der Waals surface area (Å²) in [5.41, 5.74) is 7.07. The number of nitrogens with zero attached hydrogens (tertiary/aromatic N) is 1. The van der Waals surface area contributed by atoms with Crippen molar-refractivity contribution in [2.45, 2.75) is 6.04 Å². The van der Waals surface area contributed by atoms with Crippen LogP contribution in [0.15, 0.2) is 36.7 Å². The number of hydrogen-bond donors (Lipinski definition) is 2. The number of aromatic amines is 1. The van der Waals surface area contributed by atoms with E-state index in [0.29, 0.717) is 13.2 Å². The number of nitrogens with one attached hydrogen (secondary N) is 1. The highest BCUT2D eigenvalue weighted by molar-refractivity contribution is 5.38. The molecular formula is C13H17N3O2. The molecular weight excluding hydrogens is 230 g/mol. The second-order valence-electron chi connectivity index (χ2n) is 3.83. The van der Waals surface area contributed by atoms with E-state index in [9.17, 15) is 0 Å². The van der Waals surface area contributed by atoms with Crippen LogP contribution in [0.25, 0.3) is 0 Å². The number of nitrogens with two attached hydrogens (primary N) is 1. The van der Waals surface area contributed by atoms with Crippen molar-refractivity contribution in [2.24, 2.45) is 5.73 Å². The molecule has 1 aromatic heterocycles. The lowest BCUT2D eigenvalue weighted by atomic mass is 10.1. The maximum atomic E-state index is 6.16. The van der Waals surface area contributed by atoms with Crippen molar-refractivity contribution in [1.29, 1.82) is 0 Å². The summed E-state index contributed by atoms with van der Waals surface area (Å²) in [6, 6.07) is 7.36. The minimum Gasteiger partial charge on any atom is -0.491 e. The maximum Gasteiger partial charge on any atom is 0.127 e. The second-order valence-corrected chi connectivity index (χ2v) is 3.83. The lowest BCUT2D eigenvalue weighted by Crippen LogP contribution is -2.16. The summed E-state index contributed by atoms with van der Waals surface area (Å²) in [6.07, 6.45) is 3.44. The third-order valence-electron chi connectivity index (χ3n) is 2.61. The lowest BCUT2D eigenvalue weighted by Gasteiger charge is -2.15. The van der Waals surface area contributed by atoms with E-state index in [2.05, 4.69) is 9.97 Å². The van der Waals surface area contributed by atoms with Gasteiger partial charge in [0.05, 0.1) is 12.6 Å². The Hall–Kier alpha value is -1.85. The monoisotopic (exact) mass is 247 g/mol. The maximum absolute atomic E-state index is 6.16. The molecule has 0 aliphatic heterocycles. The minimum atomic E-state index is -0.321. The number of methoxy groups -OCH3 is 1. The van der Waals surface area contributed by atoms with Gasteiger partial charge in [-0.25, -0.2) is 4.98 Å². The Labute approximate surface area is 106 Å². The molecule has 18 heavy (non-hydrogen) atoms. The van der Waals surface area contributed by atoms with Gasteiger partial charge in [0.25, 0.3) is 0 Å². The van der Waals surface area contributed by atoms with Crippen molar-refractivity contribution < 1.29 is 9.47 Å². The van der Waals surface area contributed by atoms with Crippen LogP contribution < -0.4 is 10.5 Å². The zero-order valence-corrected chi connectivity index (χ0v) is 10.3. The van der Waals surface area contributed by atoms with E-state index >= 15 is 0 Å². The van der Waals surface area contributed by atoms with Crippen molar-refractivity contribution in [3.63, 3.8) is 0 Å². The fourth-order valence-electron chi connectivity index (χ4n) is 1.70. The van der Waals surface area contributed by atoms with E-state index in [-0.39, 0.29) is 6.04 Å². The topological polar surface area (TPSA) is 73.2 Å². The van der Waals surface area contributed by atoms with Crippen molar-refractivity contribution in [3.8, 4) is 5.75 Å². The highest BCUT2D eigenvalue weighted by Gasteiger charge is 2.15. The molecule has 96 valence electrons. The summed E-state index contributed by atoms with van der Waals surface area (Å²) < 4.78 is 10.6. The average Bonchev–Trinajstić information content (AvgIpc) is 2.93. The molecule has 0 amide bonds. The third kappa shape index (κ3) is 2.88. The summed E-state index contributed by atoms with van der Waals surface area (Å²) in [4.78, 5) is 7.18. The standard InChI is InChI=1S/C13H17N3O2/c1-17-8-9-18-11-5-3-2-4-10(11)12(14)13-15-6-7-16-13/h2-7,12H,8-9,14H2,1H3,(H,15,16). The molecule has 3 N–H and O–H groups in total. The smallest absolute Gasteiger partial charge is 0.127 e. The van der Waals surface area contributed by atoms with E-state index in [0.717, 1.165) is 17.1 Å². The Bertz CT molecular complexity index is 471. The zero-order valence-electron chi connectivity index (χ0n) is 10.3. The van der Waals surface area contributed by atoms with Gasteiger partial charge in [-0.05, 0) is 6.07 Å². The molecule has 0 radical (unpaired) electrons. The van der Waals surface area contributed by atoms with Crippen LogP contribution in [0.1, 0.15) is 17.4 Å². The van der Waals surface area contributed by atoms with Crippen LogP contribution in [0.3, 0.4) is 0 Å². The van der Waals surface area contributed by atoms with E-state index < -0.39 is 0 Å². The largest absolute Gasteiger partial charge is 0.491 e. The van der Waals surface area contributed by atoms with Gasteiger partial charge in [0.2, 0.25) is 0 Å². The number of H-pyrrole nitrogens is 1. The molecule has 1 atom stereocenters. The molecule has 0 saturated heterocycles. The Morgan fingerprint density at radius 3 is 2.89 bits per heavy atom. The first-order valence-corrected chi connectivity index (χ1v) is 5.78. The first-order chi connectivity index (χ1) is 8.83. The van der Waals surface area contributed by atoms with Crippen LogP contribution in [0.4, 0.5) is 0 Å². The first-order valence-electron chi connectivity index (χ1n) is 5.78. The molecule has 2 rings (SSSR count). The van der Waals surface area contributed by atoms with Gasteiger partial charge in [0, 0.05) is 25.1 Å². The summed E-state index contributed by atoms with van der Waals surface area (Å²) in [7, 11) is 1.64. The minimum absolute atomic E-state index is 0.321. The molecule has 0 fully saturated rings. The highest BCUT2D eigenvalue weighted by atomic mass is 16.5. The van der Waals surface area contributed by atoms with Crippen LogP contribution in [-0.4, -0.2) is 30.3 Å². The molecule has 0 aliphatic carbocycles. The number of hydrogen-bond acceptors (Lipinski definition) is 4. The number of benzene rings is 1. The predicted octanol–water partition coefficient (Wildman–Crippen LogP) is 1.48. The highest BCUT2D eigenvalue weighted by Crippen LogP contribution is 2.26. The van der Waals surface area contributed by atoms with Crippen LogP contribution in [0.5, 0.6) is 5.75 Å². The van der Waals surface area contributed by atoms with Crippen molar-refractivity contribution >= 4 is 0 Å². The number of para-hydroxylation sites is 1. The summed E-state index contributed by atoms with van der Waals surface area (Å²) >= 11 is 0. The van der Waals surface area contributed by atoms with Crippen molar-refractivity contribution in [1.82, 2.24) is 9.97 Å². The summed E-state index contributed by atoms with van der Waals surface area (Å²) in [5, 5.41) is 0. The van der Waals surface area contributed by atoms with Gasteiger partial charge in [-0.2, -0.15) is 0 Å². The number of aromatic nitrogens is 2. The molecule has 2 aromatic rings. The predicted molar refractivity (Wildman–Crippen MR) is 68.4 cm³/mol. The Morgan fingerprint density at radius 1 is 1.33 bits per heavy atom. The van der Waals surface area contributed by atoms with E-state index in [1.807, 2.05) is 24.3 Å². The first kappa shape index (κ1) is 12.6. The van der Waals surface area contributed by atoms with Gasteiger partial charge < -0.3 is 20.2 Å². The van der Waals surface area contributed by atoms with Crippen molar-refractivity contribution in [2.75, 3.05) is 20.3 Å². The van der Waals surface area contributed by atoms with Crippen LogP contribution in [0.2, 0.25) is 0 Å². The van der Waals surface area contributed by atoms with Crippen molar-refractivity contribution in [3.05, 3.63) is 48.0 Å². The molecule has 1 unspecified atom stereocenters. The van der Waals surface area contributed by atoms with Crippen LogP contribution >= 0.6 is 0 Å². The molecule has 5 heteroatoms. The Balaban J connectivity index is 2.16. The summed E-state index contributed by atoms with van der Waals surface area (Å²) in [5.74, 6) is 1.48. The molecule has 1 aromatic carbocycles.